The third-order valence-corrected chi connectivity index (χ3v) is 2.30. The van der Waals surface area contributed by atoms with Gasteiger partial charge in [0.15, 0.2) is 5.69 Å². The van der Waals surface area contributed by atoms with Gasteiger partial charge in [-0.15, -0.1) is 0 Å². The van der Waals surface area contributed by atoms with Crippen molar-refractivity contribution >= 4 is 20.9 Å². The van der Waals surface area contributed by atoms with E-state index in [0.29, 0.717) is 0 Å². The molecule has 0 saturated heterocycles. The van der Waals surface area contributed by atoms with Crippen molar-refractivity contribution in [3.8, 4) is 0 Å². The molecule has 0 aliphatic carbocycles. The molecule has 15 heavy (non-hydrogen) atoms. The van der Waals surface area contributed by atoms with E-state index in [1.807, 2.05) is 0 Å². The monoisotopic (exact) mass is 230 g/mol. The zero-order valence-electron chi connectivity index (χ0n) is 7.54. The topological polar surface area (TPSA) is 114 Å². The number of nitrogens with zero attached hydrogens (tertiary/aromatic N) is 2. The summed E-state index contributed by atoms with van der Waals surface area (Å²) in [6, 6.07) is 0. The lowest BCUT2D eigenvalue weighted by atomic mass is 10.4. The summed E-state index contributed by atoms with van der Waals surface area (Å²) in [5.41, 5.74) is -0.762. The number of hydrogen-bond donors (Lipinski definition) is 1. The Morgan fingerprint density at radius 2 is 1.67 bits per heavy atom. The molecular weight excluding hydrogens is 224 g/mol. The van der Waals surface area contributed by atoms with Crippen LogP contribution in [-0.4, -0.2) is 40.8 Å². The fourth-order valence-corrected chi connectivity index (χ4v) is 1.22. The molecule has 1 heterocycles. The third-order valence-electron chi connectivity index (χ3n) is 1.42. The molecule has 0 aromatic carbocycles. The summed E-state index contributed by atoms with van der Waals surface area (Å²) >= 11 is 0. The molecule has 1 aromatic heterocycles. The highest BCUT2D eigenvalue weighted by Gasteiger charge is 2.20. The Bertz CT molecular complexity index is 505. The minimum absolute atomic E-state index is 0.361. The van der Waals surface area contributed by atoms with Gasteiger partial charge in [-0.2, -0.15) is 0 Å². The number of hydrogen-bond acceptors (Lipinski definition) is 6. The Morgan fingerprint density at radius 3 is 2.00 bits per heavy atom. The molecule has 7 nitrogen and oxygen atoms in total. The second-order valence-corrected chi connectivity index (χ2v) is 4.57. The molecule has 8 heteroatoms. The van der Waals surface area contributed by atoms with Gasteiger partial charge < -0.3 is 5.11 Å². The van der Waals surface area contributed by atoms with E-state index in [-0.39, 0.29) is 5.69 Å². The fourth-order valence-electron chi connectivity index (χ4n) is 0.734. The van der Waals surface area contributed by atoms with Crippen LogP contribution in [0.4, 0.5) is 0 Å². The van der Waals surface area contributed by atoms with Gasteiger partial charge in [0.1, 0.15) is 5.69 Å². The van der Waals surface area contributed by atoms with Crippen molar-refractivity contribution in [1.29, 1.82) is 0 Å². The maximum absolute atomic E-state index is 11.1. The number of carboxylic acid groups (broad SMARTS) is 1. The van der Waals surface area contributed by atoms with Crippen molar-refractivity contribution in [1.82, 2.24) is 9.97 Å². The van der Waals surface area contributed by atoms with Crippen LogP contribution in [0, 0.1) is 0 Å². The second-order valence-electron chi connectivity index (χ2n) is 2.65. The zero-order chi connectivity index (χ0) is 11.6. The van der Waals surface area contributed by atoms with Crippen LogP contribution >= 0.6 is 0 Å². The molecule has 0 aliphatic heterocycles. The van der Waals surface area contributed by atoms with Gasteiger partial charge in [-0.1, -0.05) is 0 Å². The summed E-state index contributed by atoms with van der Waals surface area (Å²) < 4.78 is 21.6. The highest BCUT2D eigenvalue weighted by molar-refractivity contribution is 8.06. The van der Waals surface area contributed by atoms with Crippen molar-refractivity contribution in [2.24, 2.45) is 0 Å². The van der Waals surface area contributed by atoms with Crippen LogP contribution in [0.25, 0.3) is 0 Å². The van der Waals surface area contributed by atoms with E-state index in [9.17, 15) is 18.0 Å². The second kappa shape index (κ2) is 3.73. The summed E-state index contributed by atoms with van der Waals surface area (Å²) in [6.07, 6.45) is 2.37. The van der Waals surface area contributed by atoms with Crippen molar-refractivity contribution in [2.75, 3.05) is 6.26 Å². The number of carboxylic acids is 1. The van der Waals surface area contributed by atoms with Crippen molar-refractivity contribution in [3.63, 3.8) is 0 Å². The summed E-state index contributed by atoms with van der Waals surface area (Å²) in [5, 5.41) is 7.28. The molecule has 0 unspecified atom stereocenters. The quantitative estimate of drug-likeness (QED) is 0.718. The average molecular weight is 230 g/mol. The van der Waals surface area contributed by atoms with E-state index in [1.54, 1.807) is 0 Å². The molecule has 1 rings (SSSR count). The first-order valence-corrected chi connectivity index (χ1v) is 5.51. The van der Waals surface area contributed by atoms with Gasteiger partial charge in [0, 0.05) is 6.26 Å². The molecule has 80 valence electrons. The number of sulfone groups is 1. The Kier molecular flexibility index (Phi) is 2.80. The van der Waals surface area contributed by atoms with Crippen molar-refractivity contribution in [3.05, 3.63) is 23.8 Å². The number of carbonyl (C=O) groups is 2. The molecule has 0 fully saturated rings. The first-order valence-electron chi connectivity index (χ1n) is 3.62. The zero-order valence-corrected chi connectivity index (χ0v) is 8.35. The van der Waals surface area contributed by atoms with E-state index in [1.165, 1.54) is 0 Å². The normalized spacial score (nSPS) is 11.0. The number of carbonyl (C=O) groups excluding carboxylic acids is 1. The van der Waals surface area contributed by atoms with Crippen molar-refractivity contribution < 1.29 is 23.1 Å². The largest absolute Gasteiger partial charge is 0.476 e. The van der Waals surface area contributed by atoms with Gasteiger partial charge in [0.25, 0.3) is 5.12 Å². The van der Waals surface area contributed by atoms with Gasteiger partial charge in [-0.05, 0) is 0 Å². The lowest BCUT2D eigenvalue weighted by Crippen LogP contribution is -2.15. The van der Waals surface area contributed by atoms with Crippen LogP contribution in [-0.2, 0) is 9.84 Å². The molecule has 1 aromatic rings. The highest BCUT2D eigenvalue weighted by atomic mass is 32.2. The number of aromatic carboxylic acids is 1. The summed E-state index contributed by atoms with van der Waals surface area (Å²) in [6.45, 7) is 0. The summed E-state index contributed by atoms with van der Waals surface area (Å²) in [5.74, 6) is -1.30. The minimum Gasteiger partial charge on any atom is -0.476 e. The van der Waals surface area contributed by atoms with Crippen LogP contribution in [0.3, 0.4) is 0 Å². The van der Waals surface area contributed by atoms with Crippen LogP contribution in [0.1, 0.15) is 21.0 Å². The van der Waals surface area contributed by atoms with Crippen LogP contribution in [0.5, 0.6) is 0 Å². The molecule has 0 spiro atoms. The van der Waals surface area contributed by atoms with Gasteiger partial charge in [-0.3, -0.25) is 4.79 Å². The highest BCUT2D eigenvalue weighted by Crippen LogP contribution is 2.01. The Morgan fingerprint density at radius 1 is 1.20 bits per heavy atom. The lowest BCUT2D eigenvalue weighted by Gasteiger charge is -1.97. The van der Waals surface area contributed by atoms with E-state index in [0.717, 1.165) is 18.6 Å². The Balaban J connectivity index is 3.11. The van der Waals surface area contributed by atoms with Gasteiger partial charge in [0.05, 0.1) is 12.4 Å². The first kappa shape index (κ1) is 11.2. The first-order chi connectivity index (χ1) is 6.82. The molecule has 0 saturated carbocycles. The van der Waals surface area contributed by atoms with E-state index < -0.39 is 26.6 Å². The van der Waals surface area contributed by atoms with E-state index in [2.05, 4.69) is 9.97 Å². The predicted molar refractivity (Wildman–Crippen MR) is 48.2 cm³/mol. The maximum Gasteiger partial charge on any atom is 0.356 e. The summed E-state index contributed by atoms with van der Waals surface area (Å²) in [4.78, 5) is 28.2. The minimum atomic E-state index is -3.88. The van der Waals surface area contributed by atoms with E-state index in [4.69, 9.17) is 5.11 Å². The lowest BCUT2D eigenvalue weighted by molar-refractivity contribution is 0.0689. The third kappa shape index (κ3) is 2.56. The maximum atomic E-state index is 11.1. The summed E-state index contributed by atoms with van der Waals surface area (Å²) in [7, 11) is -3.88. The smallest absolute Gasteiger partial charge is 0.356 e. The molecule has 1 N–H and O–H groups in total. The molecule has 0 bridgehead atoms. The van der Waals surface area contributed by atoms with Gasteiger partial charge in [-0.25, -0.2) is 23.2 Å². The van der Waals surface area contributed by atoms with Gasteiger partial charge >= 0.3 is 5.97 Å². The standard InChI is InChI=1S/C7H6N2O5S/c1-15(13,14)7(12)5-3-8-4(2-9-5)6(10)11/h2-3H,1H3,(H,10,11). The number of rotatable bonds is 2. The Hall–Kier alpha value is -1.83. The van der Waals surface area contributed by atoms with Crippen LogP contribution in [0.15, 0.2) is 12.4 Å². The van der Waals surface area contributed by atoms with E-state index >= 15 is 0 Å². The predicted octanol–water partition coefficient (Wildman–Crippen LogP) is -0.640. The van der Waals surface area contributed by atoms with Crippen LogP contribution < -0.4 is 0 Å². The van der Waals surface area contributed by atoms with Crippen molar-refractivity contribution in [2.45, 2.75) is 0 Å². The molecule has 0 atom stereocenters. The van der Waals surface area contributed by atoms with Crippen LogP contribution in [0.2, 0.25) is 0 Å². The Labute approximate surface area is 84.7 Å². The molecule has 0 aliphatic rings. The fraction of sp³-hybridized carbons (Fsp3) is 0.143. The molecule has 0 radical (unpaired) electrons. The SMILES string of the molecule is CS(=O)(=O)C(=O)c1cnc(C(=O)O)cn1. The molecular formula is C7H6N2O5S. The molecule has 0 amide bonds. The average Bonchev–Trinajstić information content (AvgIpc) is 2.15. The number of aromatic nitrogens is 2. The van der Waals surface area contributed by atoms with Gasteiger partial charge in [0.2, 0.25) is 9.84 Å².